The fourth-order valence-corrected chi connectivity index (χ4v) is 2.37. The third kappa shape index (κ3) is 3.08. The molecule has 5 nitrogen and oxygen atoms in total. The Morgan fingerprint density at radius 2 is 2.33 bits per heavy atom. The normalized spacial score (nSPS) is 12.7. The van der Waals surface area contributed by atoms with E-state index < -0.39 is 0 Å². The van der Waals surface area contributed by atoms with Crippen molar-refractivity contribution in [1.29, 1.82) is 0 Å². The van der Waals surface area contributed by atoms with E-state index in [4.69, 9.17) is 17.4 Å². The molecule has 2 rings (SSSR count). The standard InChI is InChI=1S/C11H13BrClN5/c1-18-6-8(16-17-18)5-11(15-14)9-4-7(12)2-3-10(9)13/h2-4,6,11,15H,5,14H2,1H3. The summed E-state index contributed by atoms with van der Waals surface area (Å²) in [6.45, 7) is 0. The molecule has 0 radical (unpaired) electrons. The smallest absolute Gasteiger partial charge is 0.0846 e. The Balaban J connectivity index is 2.25. The summed E-state index contributed by atoms with van der Waals surface area (Å²) >= 11 is 9.61. The fraction of sp³-hybridized carbons (Fsp3) is 0.273. The van der Waals surface area contributed by atoms with Gasteiger partial charge in [-0.3, -0.25) is 16.0 Å². The molecule has 0 saturated carbocycles. The molecule has 2 aromatic rings. The molecule has 0 amide bonds. The second-order valence-corrected chi connectivity index (χ2v) is 5.30. The van der Waals surface area contributed by atoms with Crippen molar-refractivity contribution in [3.8, 4) is 0 Å². The lowest BCUT2D eigenvalue weighted by Crippen LogP contribution is -2.30. The molecule has 0 saturated heterocycles. The highest BCUT2D eigenvalue weighted by Gasteiger charge is 2.16. The van der Waals surface area contributed by atoms with Gasteiger partial charge in [-0.15, -0.1) is 5.10 Å². The molecule has 7 heteroatoms. The Kier molecular flexibility index (Phi) is 4.34. The van der Waals surface area contributed by atoms with Gasteiger partial charge in [0.15, 0.2) is 0 Å². The first-order chi connectivity index (χ1) is 8.60. The molecular formula is C11H13BrClN5. The van der Waals surface area contributed by atoms with Gasteiger partial charge < -0.3 is 0 Å². The monoisotopic (exact) mass is 329 g/mol. The average Bonchev–Trinajstić information content (AvgIpc) is 2.75. The zero-order valence-electron chi connectivity index (χ0n) is 9.77. The minimum Gasteiger partial charge on any atom is -0.271 e. The quantitative estimate of drug-likeness (QED) is 0.664. The van der Waals surface area contributed by atoms with E-state index in [2.05, 4.69) is 31.7 Å². The molecule has 18 heavy (non-hydrogen) atoms. The predicted molar refractivity (Wildman–Crippen MR) is 73.9 cm³/mol. The van der Waals surface area contributed by atoms with Gasteiger partial charge in [0.05, 0.1) is 11.7 Å². The van der Waals surface area contributed by atoms with Crippen LogP contribution in [0.25, 0.3) is 0 Å². The van der Waals surface area contributed by atoms with Crippen molar-refractivity contribution in [2.24, 2.45) is 12.9 Å². The molecule has 0 aliphatic carbocycles. The molecular weight excluding hydrogens is 318 g/mol. The van der Waals surface area contributed by atoms with Crippen LogP contribution in [0.2, 0.25) is 5.02 Å². The maximum atomic E-state index is 6.18. The summed E-state index contributed by atoms with van der Waals surface area (Å²) in [4.78, 5) is 0. The number of nitrogens with one attached hydrogen (secondary N) is 1. The molecule has 0 bridgehead atoms. The van der Waals surface area contributed by atoms with Crippen LogP contribution in [-0.4, -0.2) is 15.0 Å². The van der Waals surface area contributed by atoms with Crippen LogP contribution < -0.4 is 11.3 Å². The molecule has 1 atom stereocenters. The second-order valence-electron chi connectivity index (χ2n) is 3.97. The summed E-state index contributed by atoms with van der Waals surface area (Å²) in [5.41, 5.74) is 4.55. The number of hydrazine groups is 1. The highest BCUT2D eigenvalue weighted by Crippen LogP contribution is 2.27. The molecule has 0 aliphatic rings. The maximum absolute atomic E-state index is 6.18. The molecule has 1 unspecified atom stereocenters. The second kappa shape index (κ2) is 5.79. The van der Waals surface area contributed by atoms with Crippen LogP contribution in [0.5, 0.6) is 0 Å². The molecule has 1 aromatic heterocycles. The van der Waals surface area contributed by atoms with Gasteiger partial charge in [-0.1, -0.05) is 32.7 Å². The van der Waals surface area contributed by atoms with E-state index in [-0.39, 0.29) is 6.04 Å². The number of rotatable bonds is 4. The summed E-state index contributed by atoms with van der Waals surface area (Å²) in [6.07, 6.45) is 2.48. The van der Waals surface area contributed by atoms with E-state index in [0.29, 0.717) is 11.4 Å². The molecule has 1 heterocycles. The van der Waals surface area contributed by atoms with Gasteiger partial charge in [-0.25, -0.2) is 0 Å². The molecule has 96 valence electrons. The van der Waals surface area contributed by atoms with E-state index >= 15 is 0 Å². The zero-order chi connectivity index (χ0) is 13.1. The lowest BCUT2D eigenvalue weighted by Gasteiger charge is -2.16. The first-order valence-corrected chi connectivity index (χ1v) is 6.53. The van der Waals surface area contributed by atoms with Crippen LogP contribution in [0.3, 0.4) is 0 Å². The Labute approximate surface area is 118 Å². The number of aromatic nitrogens is 3. The van der Waals surface area contributed by atoms with Crippen molar-refractivity contribution in [2.45, 2.75) is 12.5 Å². The molecule has 3 N–H and O–H groups in total. The van der Waals surface area contributed by atoms with Crippen LogP contribution in [0.15, 0.2) is 28.9 Å². The van der Waals surface area contributed by atoms with Crippen molar-refractivity contribution < 1.29 is 0 Å². The Bertz CT molecular complexity index is 542. The van der Waals surface area contributed by atoms with E-state index in [1.54, 1.807) is 4.68 Å². The zero-order valence-corrected chi connectivity index (χ0v) is 12.1. The third-order valence-electron chi connectivity index (χ3n) is 2.60. The van der Waals surface area contributed by atoms with Crippen LogP contribution in [0.4, 0.5) is 0 Å². The van der Waals surface area contributed by atoms with Crippen LogP contribution in [0, 0.1) is 0 Å². The molecule has 1 aromatic carbocycles. The van der Waals surface area contributed by atoms with Gasteiger partial charge in [0, 0.05) is 29.2 Å². The van der Waals surface area contributed by atoms with Crippen molar-refractivity contribution in [1.82, 2.24) is 20.4 Å². The van der Waals surface area contributed by atoms with Gasteiger partial charge >= 0.3 is 0 Å². The minimum atomic E-state index is -0.105. The Hall–Kier alpha value is -0.950. The first kappa shape index (κ1) is 13.5. The summed E-state index contributed by atoms with van der Waals surface area (Å²) in [5.74, 6) is 5.60. The van der Waals surface area contributed by atoms with E-state index in [9.17, 15) is 0 Å². The SMILES string of the molecule is Cn1cc(CC(NN)c2cc(Br)ccc2Cl)nn1. The number of halogens is 2. The van der Waals surface area contributed by atoms with Gasteiger partial charge in [-0.05, 0) is 23.8 Å². The van der Waals surface area contributed by atoms with Gasteiger partial charge in [0.25, 0.3) is 0 Å². The lowest BCUT2D eigenvalue weighted by molar-refractivity contribution is 0.545. The predicted octanol–water partition coefficient (Wildman–Crippen LogP) is 1.98. The largest absolute Gasteiger partial charge is 0.271 e. The Morgan fingerprint density at radius 3 is 2.94 bits per heavy atom. The maximum Gasteiger partial charge on any atom is 0.0846 e. The number of hydrogen-bond donors (Lipinski definition) is 2. The topological polar surface area (TPSA) is 68.8 Å². The van der Waals surface area contributed by atoms with E-state index in [0.717, 1.165) is 15.7 Å². The minimum absolute atomic E-state index is 0.105. The number of nitrogens with zero attached hydrogens (tertiary/aromatic N) is 3. The molecule has 0 aliphatic heterocycles. The number of nitrogens with two attached hydrogens (primary N) is 1. The van der Waals surface area contributed by atoms with Crippen molar-refractivity contribution in [2.75, 3.05) is 0 Å². The molecule has 0 fully saturated rings. The van der Waals surface area contributed by atoms with Gasteiger partial charge in [0.2, 0.25) is 0 Å². The summed E-state index contributed by atoms with van der Waals surface area (Å²) < 4.78 is 2.62. The highest BCUT2D eigenvalue weighted by molar-refractivity contribution is 9.10. The van der Waals surface area contributed by atoms with Crippen LogP contribution in [-0.2, 0) is 13.5 Å². The van der Waals surface area contributed by atoms with Gasteiger partial charge in [-0.2, -0.15) is 0 Å². The van der Waals surface area contributed by atoms with Crippen LogP contribution >= 0.6 is 27.5 Å². The van der Waals surface area contributed by atoms with E-state index in [1.807, 2.05) is 31.4 Å². The van der Waals surface area contributed by atoms with Gasteiger partial charge in [0.1, 0.15) is 0 Å². The van der Waals surface area contributed by atoms with Crippen molar-refractivity contribution >= 4 is 27.5 Å². The number of hydrogen-bond acceptors (Lipinski definition) is 4. The van der Waals surface area contributed by atoms with Crippen LogP contribution in [0.1, 0.15) is 17.3 Å². The van der Waals surface area contributed by atoms with Crippen molar-refractivity contribution in [3.63, 3.8) is 0 Å². The fourth-order valence-electron chi connectivity index (χ4n) is 1.74. The highest BCUT2D eigenvalue weighted by atomic mass is 79.9. The van der Waals surface area contributed by atoms with E-state index in [1.165, 1.54) is 0 Å². The average molecular weight is 331 g/mol. The third-order valence-corrected chi connectivity index (χ3v) is 3.44. The number of aryl methyl sites for hydroxylation is 1. The Morgan fingerprint density at radius 1 is 1.56 bits per heavy atom. The summed E-state index contributed by atoms with van der Waals surface area (Å²) in [5, 5.41) is 8.61. The van der Waals surface area contributed by atoms with Crippen molar-refractivity contribution in [3.05, 3.63) is 45.1 Å². The number of benzene rings is 1. The molecule has 0 spiro atoms. The lowest BCUT2D eigenvalue weighted by atomic mass is 10.0. The summed E-state index contributed by atoms with van der Waals surface area (Å²) in [6, 6.07) is 5.57. The summed E-state index contributed by atoms with van der Waals surface area (Å²) in [7, 11) is 1.83. The first-order valence-electron chi connectivity index (χ1n) is 5.36.